The minimum absolute atomic E-state index is 0.399. The van der Waals surface area contributed by atoms with Gasteiger partial charge in [-0.15, -0.1) is 0 Å². The Morgan fingerprint density at radius 2 is 2.10 bits per heavy atom. The molecule has 2 rings (SSSR count). The van der Waals surface area contributed by atoms with E-state index in [4.69, 9.17) is 9.47 Å². The molecule has 1 saturated heterocycles. The van der Waals surface area contributed by atoms with E-state index >= 15 is 0 Å². The van der Waals surface area contributed by atoms with Crippen LogP contribution in [0.5, 0.6) is 5.75 Å². The number of hydrogen-bond acceptors (Lipinski definition) is 3. The maximum atomic E-state index is 5.82. The summed E-state index contributed by atoms with van der Waals surface area (Å²) in [6, 6.07) is 8.90. The van der Waals surface area contributed by atoms with Gasteiger partial charge in [0.05, 0.1) is 12.7 Å². The summed E-state index contributed by atoms with van der Waals surface area (Å²) in [5.74, 6) is 0.964. The predicted octanol–water partition coefficient (Wildman–Crippen LogP) is 4.09. The zero-order valence-corrected chi connectivity index (χ0v) is 13.4. The van der Waals surface area contributed by atoms with E-state index in [-0.39, 0.29) is 0 Å². The van der Waals surface area contributed by atoms with Crippen LogP contribution >= 0.6 is 0 Å². The minimum Gasteiger partial charge on any atom is -0.494 e. The molecule has 1 fully saturated rings. The van der Waals surface area contributed by atoms with E-state index in [1.54, 1.807) is 0 Å². The second-order valence-electron chi connectivity index (χ2n) is 5.82. The van der Waals surface area contributed by atoms with E-state index < -0.39 is 0 Å². The molecule has 2 atom stereocenters. The third-order valence-corrected chi connectivity index (χ3v) is 4.16. The Morgan fingerprint density at radius 3 is 2.71 bits per heavy atom. The van der Waals surface area contributed by atoms with Crippen LogP contribution in [0.1, 0.15) is 57.1 Å². The summed E-state index contributed by atoms with van der Waals surface area (Å²) in [5.41, 5.74) is 1.33. The monoisotopic (exact) mass is 291 g/mol. The molecular weight excluding hydrogens is 262 g/mol. The lowest BCUT2D eigenvalue weighted by Crippen LogP contribution is -2.23. The average Bonchev–Trinajstić information content (AvgIpc) is 2.55. The van der Waals surface area contributed by atoms with Crippen molar-refractivity contribution in [2.45, 2.75) is 57.6 Å². The van der Waals surface area contributed by atoms with Crippen LogP contribution in [0.2, 0.25) is 0 Å². The number of rotatable bonds is 8. The van der Waals surface area contributed by atoms with Gasteiger partial charge in [0.2, 0.25) is 0 Å². The number of hydrogen-bond donors (Lipinski definition) is 1. The summed E-state index contributed by atoms with van der Waals surface area (Å²) in [7, 11) is 2.04. The molecule has 0 aromatic heterocycles. The van der Waals surface area contributed by atoms with Gasteiger partial charge < -0.3 is 14.8 Å². The molecule has 1 heterocycles. The molecule has 0 amide bonds. The molecule has 0 saturated carbocycles. The molecule has 3 nitrogen and oxygen atoms in total. The quantitative estimate of drug-likeness (QED) is 0.782. The van der Waals surface area contributed by atoms with Crippen molar-refractivity contribution in [3.05, 3.63) is 29.8 Å². The summed E-state index contributed by atoms with van der Waals surface area (Å²) < 4.78 is 11.5. The molecule has 21 heavy (non-hydrogen) atoms. The van der Waals surface area contributed by atoms with Crippen molar-refractivity contribution in [1.29, 1.82) is 0 Å². The first kappa shape index (κ1) is 16.3. The lowest BCUT2D eigenvalue weighted by Gasteiger charge is -2.25. The average molecular weight is 291 g/mol. The topological polar surface area (TPSA) is 30.5 Å². The summed E-state index contributed by atoms with van der Waals surface area (Å²) >= 11 is 0. The third-order valence-electron chi connectivity index (χ3n) is 4.16. The molecule has 3 heteroatoms. The van der Waals surface area contributed by atoms with Crippen LogP contribution in [0, 0.1) is 0 Å². The molecule has 118 valence electrons. The van der Waals surface area contributed by atoms with Crippen molar-refractivity contribution in [2.75, 3.05) is 20.3 Å². The van der Waals surface area contributed by atoms with Gasteiger partial charge >= 0.3 is 0 Å². The Morgan fingerprint density at radius 1 is 1.29 bits per heavy atom. The van der Waals surface area contributed by atoms with Crippen LogP contribution in [-0.2, 0) is 4.74 Å². The summed E-state index contributed by atoms with van der Waals surface area (Å²) in [6.45, 7) is 3.85. The first-order valence-corrected chi connectivity index (χ1v) is 8.35. The van der Waals surface area contributed by atoms with Gasteiger partial charge in [0.1, 0.15) is 5.75 Å². The fraction of sp³-hybridized carbons (Fsp3) is 0.667. The second-order valence-corrected chi connectivity index (χ2v) is 5.82. The van der Waals surface area contributed by atoms with E-state index in [0.29, 0.717) is 12.1 Å². The van der Waals surface area contributed by atoms with Gasteiger partial charge in [-0.25, -0.2) is 0 Å². The van der Waals surface area contributed by atoms with Gasteiger partial charge in [-0.05, 0) is 63.3 Å². The van der Waals surface area contributed by atoms with Crippen molar-refractivity contribution in [3.8, 4) is 5.75 Å². The summed E-state index contributed by atoms with van der Waals surface area (Å²) in [6.07, 6.45) is 7.53. The molecule has 0 aliphatic carbocycles. The van der Waals surface area contributed by atoms with Crippen molar-refractivity contribution >= 4 is 0 Å². The molecular formula is C18H29NO2. The van der Waals surface area contributed by atoms with E-state index in [9.17, 15) is 0 Å². The first-order valence-electron chi connectivity index (χ1n) is 8.35. The molecule has 0 bridgehead atoms. The fourth-order valence-corrected chi connectivity index (χ4v) is 2.88. The van der Waals surface area contributed by atoms with Crippen molar-refractivity contribution in [3.63, 3.8) is 0 Å². The zero-order chi connectivity index (χ0) is 14.9. The molecule has 0 radical (unpaired) electrons. The zero-order valence-electron chi connectivity index (χ0n) is 13.4. The molecule has 1 aromatic carbocycles. The lowest BCUT2D eigenvalue weighted by molar-refractivity contribution is 0.00866. The van der Waals surface area contributed by atoms with Gasteiger partial charge in [-0.1, -0.05) is 19.1 Å². The Labute approximate surface area is 129 Å². The predicted molar refractivity (Wildman–Crippen MR) is 86.9 cm³/mol. The van der Waals surface area contributed by atoms with Gasteiger partial charge in [0, 0.05) is 12.6 Å². The van der Waals surface area contributed by atoms with E-state index in [0.717, 1.165) is 38.2 Å². The number of ether oxygens (including phenoxy) is 2. The normalized spacial score (nSPS) is 20.2. The molecule has 1 N–H and O–H groups in total. The van der Waals surface area contributed by atoms with Crippen molar-refractivity contribution < 1.29 is 9.47 Å². The minimum atomic E-state index is 0.399. The standard InChI is InChI=1S/C18H29NO2/c1-3-13-20-17-9-7-15(8-10-17)18(19-2)12-11-16-6-4-5-14-21-16/h7-10,16,18-19H,3-6,11-14H2,1-2H3. The largest absolute Gasteiger partial charge is 0.494 e. The molecule has 0 spiro atoms. The van der Waals surface area contributed by atoms with Crippen LogP contribution in [0.15, 0.2) is 24.3 Å². The Balaban J connectivity index is 1.84. The van der Waals surface area contributed by atoms with E-state index in [2.05, 4.69) is 36.5 Å². The first-order chi connectivity index (χ1) is 10.3. The highest BCUT2D eigenvalue weighted by Gasteiger charge is 2.17. The molecule has 1 aliphatic heterocycles. The second kappa shape index (κ2) is 9.06. The SMILES string of the molecule is CCCOc1ccc(C(CCC2CCCCO2)NC)cc1. The highest BCUT2D eigenvalue weighted by atomic mass is 16.5. The number of benzene rings is 1. The molecule has 1 aliphatic rings. The van der Waals surface area contributed by atoms with Crippen LogP contribution in [0.4, 0.5) is 0 Å². The Bertz CT molecular complexity index is 385. The maximum absolute atomic E-state index is 5.82. The van der Waals surface area contributed by atoms with Gasteiger partial charge in [0.25, 0.3) is 0 Å². The van der Waals surface area contributed by atoms with E-state index in [1.165, 1.54) is 24.8 Å². The summed E-state index contributed by atoms with van der Waals surface area (Å²) in [4.78, 5) is 0. The van der Waals surface area contributed by atoms with Gasteiger partial charge in [0.15, 0.2) is 0 Å². The van der Waals surface area contributed by atoms with Gasteiger partial charge in [-0.2, -0.15) is 0 Å². The van der Waals surface area contributed by atoms with E-state index in [1.807, 2.05) is 7.05 Å². The van der Waals surface area contributed by atoms with Crippen LogP contribution in [-0.4, -0.2) is 26.4 Å². The highest BCUT2D eigenvalue weighted by molar-refractivity contribution is 5.29. The highest BCUT2D eigenvalue weighted by Crippen LogP contribution is 2.25. The Hall–Kier alpha value is -1.06. The van der Waals surface area contributed by atoms with Crippen LogP contribution in [0.25, 0.3) is 0 Å². The van der Waals surface area contributed by atoms with Crippen LogP contribution in [0.3, 0.4) is 0 Å². The maximum Gasteiger partial charge on any atom is 0.119 e. The molecule has 2 unspecified atom stereocenters. The number of nitrogens with one attached hydrogen (secondary N) is 1. The van der Waals surface area contributed by atoms with Crippen molar-refractivity contribution in [2.24, 2.45) is 0 Å². The lowest BCUT2D eigenvalue weighted by atomic mass is 9.97. The summed E-state index contributed by atoms with van der Waals surface area (Å²) in [5, 5.41) is 3.42. The fourth-order valence-electron chi connectivity index (χ4n) is 2.88. The van der Waals surface area contributed by atoms with Crippen molar-refractivity contribution in [1.82, 2.24) is 5.32 Å². The third kappa shape index (κ3) is 5.33. The molecule has 1 aromatic rings. The van der Waals surface area contributed by atoms with Gasteiger partial charge in [-0.3, -0.25) is 0 Å². The van der Waals surface area contributed by atoms with Crippen LogP contribution < -0.4 is 10.1 Å². The Kier molecular flexibility index (Phi) is 7.04. The smallest absolute Gasteiger partial charge is 0.119 e.